The van der Waals surface area contributed by atoms with Gasteiger partial charge in [0, 0.05) is 12.4 Å². The van der Waals surface area contributed by atoms with E-state index in [9.17, 15) is 0 Å². The molecule has 2 unspecified atom stereocenters. The average Bonchev–Trinajstić information content (AvgIpc) is 2.58. The molecule has 1 fully saturated rings. The van der Waals surface area contributed by atoms with Gasteiger partial charge in [-0.1, -0.05) is 6.42 Å². The quantitative estimate of drug-likeness (QED) is 0.525. The standard InChI is InChI=1S/C11H22ClNO/c1-10-5-6-11(14-10)9-13-8-4-2-3-7-12/h10-11,13H,2-9H2,1H3. The van der Waals surface area contributed by atoms with Crippen LogP contribution in [-0.4, -0.2) is 31.2 Å². The molecule has 1 N–H and O–H groups in total. The fraction of sp³-hybridized carbons (Fsp3) is 1.00. The Kier molecular flexibility index (Phi) is 6.57. The molecule has 84 valence electrons. The molecule has 1 aliphatic rings. The summed E-state index contributed by atoms with van der Waals surface area (Å²) in [5, 5.41) is 3.44. The molecule has 1 saturated heterocycles. The maximum atomic E-state index is 5.71. The molecule has 2 nitrogen and oxygen atoms in total. The fourth-order valence-electron chi connectivity index (χ4n) is 1.82. The van der Waals surface area contributed by atoms with E-state index in [1.54, 1.807) is 0 Å². The normalized spacial score (nSPS) is 27.0. The first-order valence-electron chi connectivity index (χ1n) is 5.75. The van der Waals surface area contributed by atoms with E-state index in [-0.39, 0.29) is 0 Å². The number of alkyl halides is 1. The lowest BCUT2D eigenvalue weighted by atomic mass is 10.2. The zero-order chi connectivity index (χ0) is 10.2. The molecule has 2 atom stereocenters. The summed E-state index contributed by atoms with van der Waals surface area (Å²) in [5.41, 5.74) is 0. The number of hydrogen-bond donors (Lipinski definition) is 1. The predicted octanol–water partition coefficient (Wildman–Crippen LogP) is 2.55. The molecule has 1 heterocycles. The molecule has 0 bridgehead atoms. The summed E-state index contributed by atoms with van der Waals surface area (Å²) >= 11 is 5.59. The number of rotatable bonds is 7. The van der Waals surface area contributed by atoms with Crippen LogP contribution in [0.4, 0.5) is 0 Å². The minimum Gasteiger partial charge on any atom is -0.374 e. The lowest BCUT2D eigenvalue weighted by molar-refractivity contribution is 0.0561. The van der Waals surface area contributed by atoms with E-state index in [1.165, 1.54) is 25.7 Å². The summed E-state index contributed by atoms with van der Waals surface area (Å²) in [6.07, 6.45) is 6.97. The Balaban J connectivity index is 1.84. The van der Waals surface area contributed by atoms with Gasteiger partial charge in [0.25, 0.3) is 0 Å². The van der Waals surface area contributed by atoms with Crippen LogP contribution in [0.15, 0.2) is 0 Å². The van der Waals surface area contributed by atoms with Crippen molar-refractivity contribution in [2.24, 2.45) is 0 Å². The van der Waals surface area contributed by atoms with E-state index >= 15 is 0 Å². The van der Waals surface area contributed by atoms with Crippen molar-refractivity contribution in [1.82, 2.24) is 5.32 Å². The van der Waals surface area contributed by atoms with Crippen LogP contribution in [0.3, 0.4) is 0 Å². The van der Waals surface area contributed by atoms with E-state index in [1.807, 2.05) is 0 Å². The van der Waals surface area contributed by atoms with Gasteiger partial charge in [-0.25, -0.2) is 0 Å². The summed E-state index contributed by atoms with van der Waals surface area (Å²) < 4.78 is 5.71. The monoisotopic (exact) mass is 219 g/mol. The van der Waals surface area contributed by atoms with Gasteiger partial charge in [0.05, 0.1) is 12.2 Å². The molecule has 0 aromatic heterocycles. The number of halogens is 1. The molecule has 0 saturated carbocycles. The van der Waals surface area contributed by atoms with E-state index in [0.29, 0.717) is 12.2 Å². The number of nitrogens with one attached hydrogen (secondary N) is 1. The molecule has 0 aromatic rings. The lowest BCUT2D eigenvalue weighted by Crippen LogP contribution is -2.27. The molecule has 0 radical (unpaired) electrons. The van der Waals surface area contributed by atoms with Crippen LogP contribution < -0.4 is 5.32 Å². The third-order valence-corrected chi connectivity index (χ3v) is 2.95. The van der Waals surface area contributed by atoms with Crippen molar-refractivity contribution in [3.8, 4) is 0 Å². The Morgan fingerprint density at radius 3 is 2.79 bits per heavy atom. The predicted molar refractivity (Wildman–Crippen MR) is 61.0 cm³/mol. The van der Waals surface area contributed by atoms with Crippen LogP contribution in [-0.2, 0) is 4.74 Å². The Bertz CT molecular complexity index is 143. The van der Waals surface area contributed by atoms with E-state index in [4.69, 9.17) is 16.3 Å². The zero-order valence-electron chi connectivity index (χ0n) is 9.10. The molecule has 14 heavy (non-hydrogen) atoms. The van der Waals surface area contributed by atoms with Crippen LogP contribution in [0.1, 0.15) is 39.0 Å². The summed E-state index contributed by atoms with van der Waals surface area (Å²) in [5.74, 6) is 0.795. The van der Waals surface area contributed by atoms with Crippen LogP contribution >= 0.6 is 11.6 Å². The average molecular weight is 220 g/mol. The maximum absolute atomic E-state index is 5.71. The minimum absolute atomic E-state index is 0.457. The molecular formula is C11H22ClNO. The van der Waals surface area contributed by atoms with Crippen molar-refractivity contribution in [2.45, 2.75) is 51.2 Å². The first-order valence-corrected chi connectivity index (χ1v) is 6.28. The molecule has 0 aromatic carbocycles. The van der Waals surface area contributed by atoms with Crippen molar-refractivity contribution in [3.05, 3.63) is 0 Å². The third-order valence-electron chi connectivity index (χ3n) is 2.68. The second-order valence-electron chi connectivity index (χ2n) is 4.10. The molecule has 0 aliphatic carbocycles. The molecule has 1 aliphatic heterocycles. The lowest BCUT2D eigenvalue weighted by Gasteiger charge is -2.11. The minimum atomic E-state index is 0.457. The number of hydrogen-bond acceptors (Lipinski definition) is 2. The maximum Gasteiger partial charge on any atom is 0.0704 e. The van der Waals surface area contributed by atoms with E-state index in [0.717, 1.165) is 25.4 Å². The highest BCUT2D eigenvalue weighted by Gasteiger charge is 2.20. The summed E-state index contributed by atoms with van der Waals surface area (Å²) in [4.78, 5) is 0. The molecule has 0 spiro atoms. The summed E-state index contributed by atoms with van der Waals surface area (Å²) in [7, 11) is 0. The molecular weight excluding hydrogens is 198 g/mol. The van der Waals surface area contributed by atoms with Crippen molar-refractivity contribution in [3.63, 3.8) is 0 Å². The first kappa shape index (κ1) is 12.3. The van der Waals surface area contributed by atoms with Gasteiger partial charge in [-0.2, -0.15) is 0 Å². The van der Waals surface area contributed by atoms with Crippen molar-refractivity contribution in [2.75, 3.05) is 19.0 Å². The van der Waals surface area contributed by atoms with E-state index in [2.05, 4.69) is 12.2 Å². The van der Waals surface area contributed by atoms with Gasteiger partial charge < -0.3 is 10.1 Å². The largest absolute Gasteiger partial charge is 0.374 e. The highest BCUT2D eigenvalue weighted by Crippen LogP contribution is 2.17. The van der Waals surface area contributed by atoms with Crippen molar-refractivity contribution >= 4 is 11.6 Å². The Labute approximate surface area is 92.3 Å². The first-order chi connectivity index (χ1) is 6.83. The van der Waals surface area contributed by atoms with Gasteiger partial charge in [-0.3, -0.25) is 0 Å². The highest BCUT2D eigenvalue weighted by molar-refractivity contribution is 6.17. The summed E-state index contributed by atoms with van der Waals surface area (Å²) in [6, 6.07) is 0. The second-order valence-corrected chi connectivity index (χ2v) is 4.48. The topological polar surface area (TPSA) is 21.3 Å². The zero-order valence-corrected chi connectivity index (χ0v) is 9.85. The van der Waals surface area contributed by atoms with Crippen LogP contribution in [0, 0.1) is 0 Å². The van der Waals surface area contributed by atoms with Crippen LogP contribution in [0.2, 0.25) is 0 Å². The van der Waals surface area contributed by atoms with Crippen molar-refractivity contribution in [1.29, 1.82) is 0 Å². The Hall–Kier alpha value is 0.210. The number of unbranched alkanes of at least 4 members (excludes halogenated alkanes) is 2. The van der Waals surface area contributed by atoms with Gasteiger partial charge >= 0.3 is 0 Å². The van der Waals surface area contributed by atoms with Crippen LogP contribution in [0.25, 0.3) is 0 Å². The molecule has 1 rings (SSSR count). The summed E-state index contributed by atoms with van der Waals surface area (Å²) in [6.45, 7) is 4.27. The van der Waals surface area contributed by atoms with Gasteiger partial charge in [-0.15, -0.1) is 11.6 Å². The number of ether oxygens (including phenoxy) is 1. The van der Waals surface area contributed by atoms with Crippen LogP contribution in [0.5, 0.6) is 0 Å². The van der Waals surface area contributed by atoms with Crippen molar-refractivity contribution < 1.29 is 4.74 Å². The Morgan fingerprint density at radius 1 is 1.29 bits per heavy atom. The van der Waals surface area contributed by atoms with Gasteiger partial charge in [0.1, 0.15) is 0 Å². The second kappa shape index (κ2) is 7.49. The van der Waals surface area contributed by atoms with Gasteiger partial charge in [0.15, 0.2) is 0 Å². The third kappa shape index (κ3) is 5.18. The molecule has 3 heteroatoms. The van der Waals surface area contributed by atoms with Gasteiger partial charge in [-0.05, 0) is 39.2 Å². The smallest absolute Gasteiger partial charge is 0.0704 e. The highest BCUT2D eigenvalue weighted by atomic mass is 35.5. The van der Waals surface area contributed by atoms with Gasteiger partial charge in [0.2, 0.25) is 0 Å². The fourth-order valence-corrected chi connectivity index (χ4v) is 2.01. The van der Waals surface area contributed by atoms with E-state index < -0.39 is 0 Å². The Morgan fingerprint density at radius 2 is 2.14 bits per heavy atom. The molecule has 0 amide bonds. The SMILES string of the molecule is CC1CCC(CNCCCCCCl)O1.